The number of hydrogen-bond acceptors (Lipinski definition) is 3. The van der Waals surface area contributed by atoms with Crippen LogP contribution < -0.4 is 5.73 Å². The lowest BCUT2D eigenvalue weighted by Crippen LogP contribution is -2.58. The SMILES string of the molecule is CN(C1CC1)[C@H]1CCN([C@H]2CCCC(F)(F)[C@@H]2N)C1. The Morgan fingerprint density at radius 1 is 1.16 bits per heavy atom. The molecule has 1 saturated heterocycles. The van der Waals surface area contributed by atoms with Crippen molar-refractivity contribution in [1.29, 1.82) is 0 Å². The maximum Gasteiger partial charge on any atom is 0.264 e. The Morgan fingerprint density at radius 3 is 2.58 bits per heavy atom. The van der Waals surface area contributed by atoms with E-state index in [0.29, 0.717) is 12.5 Å². The molecule has 0 amide bonds. The molecule has 3 nitrogen and oxygen atoms in total. The van der Waals surface area contributed by atoms with Crippen molar-refractivity contribution in [1.82, 2.24) is 9.80 Å². The highest BCUT2D eigenvalue weighted by Crippen LogP contribution is 2.37. The third-order valence-corrected chi connectivity index (χ3v) is 5.27. The van der Waals surface area contributed by atoms with Gasteiger partial charge >= 0.3 is 0 Å². The Labute approximate surface area is 114 Å². The zero-order valence-corrected chi connectivity index (χ0v) is 11.7. The number of halogens is 2. The highest BCUT2D eigenvalue weighted by Gasteiger charge is 2.48. The summed E-state index contributed by atoms with van der Waals surface area (Å²) >= 11 is 0. The van der Waals surface area contributed by atoms with Crippen molar-refractivity contribution in [3.63, 3.8) is 0 Å². The van der Waals surface area contributed by atoms with E-state index in [4.69, 9.17) is 5.73 Å². The van der Waals surface area contributed by atoms with Crippen molar-refractivity contribution in [3.8, 4) is 0 Å². The lowest BCUT2D eigenvalue weighted by atomic mass is 9.86. The fourth-order valence-corrected chi connectivity index (χ4v) is 3.77. The molecule has 0 aromatic rings. The van der Waals surface area contributed by atoms with Crippen LogP contribution >= 0.6 is 0 Å². The number of likely N-dealkylation sites (N-methyl/N-ethyl adjacent to an activating group) is 1. The van der Waals surface area contributed by atoms with Crippen LogP contribution in [0.1, 0.15) is 38.5 Å². The molecule has 3 fully saturated rings. The van der Waals surface area contributed by atoms with Gasteiger partial charge in [-0.3, -0.25) is 9.80 Å². The molecule has 2 aliphatic carbocycles. The molecule has 19 heavy (non-hydrogen) atoms. The van der Waals surface area contributed by atoms with Gasteiger partial charge in [-0.05, 0) is 39.2 Å². The van der Waals surface area contributed by atoms with Gasteiger partial charge in [-0.1, -0.05) is 0 Å². The summed E-state index contributed by atoms with van der Waals surface area (Å²) in [6.45, 7) is 1.84. The third-order valence-electron chi connectivity index (χ3n) is 5.27. The Bertz CT molecular complexity index is 333. The van der Waals surface area contributed by atoms with E-state index in [2.05, 4.69) is 16.8 Å². The van der Waals surface area contributed by atoms with Crippen molar-refractivity contribution >= 4 is 0 Å². The Balaban J connectivity index is 1.60. The summed E-state index contributed by atoms with van der Waals surface area (Å²) < 4.78 is 27.5. The molecule has 0 aromatic carbocycles. The molecule has 1 aliphatic heterocycles. The van der Waals surface area contributed by atoms with E-state index in [9.17, 15) is 8.78 Å². The van der Waals surface area contributed by atoms with Crippen molar-refractivity contribution in [2.75, 3.05) is 20.1 Å². The Morgan fingerprint density at radius 2 is 1.89 bits per heavy atom. The number of rotatable bonds is 3. The fraction of sp³-hybridized carbons (Fsp3) is 1.00. The molecule has 2 saturated carbocycles. The van der Waals surface area contributed by atoms with Crippen molar-refractivity contribution < 1.29 is 8.78 Å². The smallest absolute Gasteiger partial charge is 0.264 e. The van der Waals surface area contributed by atoms with Gasteiger partial charge in [-0.2, -0.15) is 0 Å². The molecular weight excluding hydrogens is 248 g/mol. The predicted octanol–water partition coefficient (Wildman–Crippen LogP) is 1.67. The van der Waals surface area contributed by atoms with Gasteiger partial charge in [0.25, 0.3) is 5.92 Å². The number of nitrogens with two attached hydrogens (primary N) is 1. The molecule has 3 rings (SSSR count). The van der Waals surface area contributed by atoms with Gasteiger partial charge in [0.2, 0.25) is 0 Å². The largest absolute Gasteiger partial charge is 0.321 e. The zero-order valence-electron chi connectivity index (χ0n) is 11.7. The molecule has 0 aromatic heterocycles. The second-order valence-electron chi connectivity index (χ2n) is 6.58. The molecule has 3 aliphatic rings. The first-order chi connectivity index (χ1) is 8.99. The van der Waals surface area contributed by atoms with E-state index < -0.39 is 12.0 Å². The topological polar surface area (TPSA) is 32.5 Å². The lowest BCUT2D eigenvalue weighted by Gasteiger charge is -2.40. The molecule has 0 unspecified atom stereocenters. The summed E-state index contributed by atoms with van der Waals surface area (Å²) in [5, 5.41) is 0. The molecule has 0 bridgehead atoms. The van der Waals surface area contributed by atoms with E-state index in [1.54, 1.807) is 0 Å². The minimum absolute atomic E-state index is 0.0378. The van der Waals surface area contributed by atoms with Crippen LogP contribution in [0.2, 0.25) is 0 Å². The average molecular weight is 273 g/mol. The summed E-state index contributed by atoms with van der Waals surface area (Å²) in [6.07, 6.45) is 5.09. The molecule has 0 radical (unpaired) electrons. The first-order valence-corrected chi connectivity index (χ1v) is 7.58. The minimum Gasteiger partial charge on any atom is -0.321 e. The minimum atomic E-state index is -2.68. The maximum absolute atomic E-state index is 13.7. The average Bonchev–Trinajstić information content (AvgIpc) is 3.10. The first kappa shape index (κ1) is 13.7. The predicted molar refractivity (Wildman–Crippen MR) is 71.3 cm³/mol. The van der Waals surface area contributed by atoms with Gasteiger partial charge in [0.1, 0.15) is 0 Å². The fourth-order valence-electron chi connectivity index (χ4n) is 3.77. The van der Waals surface area contributed by atoms with Gasteiger partial charge < -0.3 is 5.73 Å². The molecule has 5 heteroatoms. The second kappa shape index (κ2) is 4.93. The van der Waals surface area contributed by atoms with Crippen molar-refractivity contribution in [3.05, 3.63) is 0 Å². The van der Waals surface area contributed by atoms with E-state index in [1.807, 2.05) is 0 Å². The highest BCUT2D eigenvalue weighted by atomic mass is 19.3. The Hall–Kier alpha value is -0.260. The van der Waals surface area contributed by atoms with Crippen LogP contribution in [0, 0.1) is 0 Å². The number of nitrogens with zero attached hydrogens (tertiary/aromatic N) is 2. The van der Waals surface area contributed by atoms with Crippen LogP contribution in [0.4, 0.5) is 8.78 Å². The van der Waals surface area contributed by atoms with Gasteiger partial charge in [-0.25, -0.2) is 8.78 Å². The van der Waals surface area contributed by atoms with Crippen molar-refractivity contribution in [2.24, 2.45) is 5.73 Å². The third kappa shape index (κ3) is 2.65. The maximum atomic E-state index is 13.7. The van der Waals surface area contributed by atoms with E-state index in [-0.39, 0.29) is 12.5 Å². The molecule has 1 heterocycles. The summed E-state index contributed by atoms with van der Waals surface area (Å²) in [5.41, 5.74) is 5.82. The van der Waals surface area contributed by atoms with Crippen LogP contribution in [-0.2, 0) is 0 Å². The van der Waals surface area contributed by atoms with Crippen molar-refractivity contribution in [2.45, 2.75) is 68.6 Å². The van der Waals surface area contributed by atoms with E-state index >= 15 is 0 Å². The van der Waals surface area contributed by atoms with Gasteiger partial charge in [0.15, 0.2) is 0 Å². The lowest BCUT2D eigenvalue weighted by molar-refractivity contribution is -0.0802. The van der Waals surface area contributed by atoms with Gasteiger partial charge in [0, 0.05) is 37.6 Å². The standard InChI is InChI=1S/C14H25F2N3/c1-18(10-4-5-10)11-6-8-19(9-11)12-3-2-7-14(15,16)13(12)17/h10-13H,2-9,17H2,1H3/t11-,12-,13+/m0/s1. The van der Waals surface area contributed by atoms with Crippen LogP contribution in [0.5, 0.6) is 0 Å². The molecule has 0 spiro atoms. The summed E-state index contributed by atoms with van der Waals surface area (Å²) in [5.74, 6) is -2.68. The normalized spacial score (nSPS) is 39.9. The molecule has 2 N–H and O–H groups in total. The van der Waals surface area contributed by atoms with Crippen LogP contribution in [0.3, 0.4) is 0 Å². The Kier molecular flexibility index (Phi) is 3.56. The van der Waals surface area contributed by atoms with Gasteiger partial charge in [0.05, 0.1) is 6.04 Å². The van der Waals surface area contributed by atoms with Gasteiger partial charge in [-0.15, -0.1) is 0 Å². The highest BCUT2D eigenvalue weighted by molar-refractivity contribution is 5.00. The second-order valence-corrected chi connectivity index (χ2v) is 6.58. The number of alkyl halides is 2. The van der Waals surface area contributed by atoms with Crippen LogP contribution in [0.25, 0.3) is 0 Å². The molecule has 110 valence electrons. The molecule has 3 atom stereocenters. The number of hydrogen-bond donors (Lipinski definition) is 1. The summed E-state index contributed by atoms with van der Waals surface area (Å²) in [7, 11) is 2.18. The van der Waals surface area contributed by atoms with Crippen LogP contribution in [-0.4, -0.2) is 60.0 Å². The van der Waals surface area contributed by atoms with E-state index in [1.165, 1.54) is 12.8 Å². The first-order valence-electron chi connectivity index (χ1n) is 7.58. The quantitative estimate of drug-likeness (QED) is 0.849. The number of likely N-dealkylation sites (tertiary alicyclic amines) is 1. The molecular formula is C14H25F2N3. The monoisotopic (exact) mass is 273 g/mol. The summed E-state index contributed by atoms with van der Waals surface area (Å²) in [6, 6.07) is 0.175. The summed E-state index contributed by atoms with van der Waals surface area (Å²) in [4.78, 5) is 4.67. The van der Waals surface area contributed by atoms with E-state index in [0.717, 1.165) is 32.0 Å². The zero-order chi connectivity index (χ0) is 13.6. The van der Waals surface area contributed by atoms with Crippen LogP contribution in [0.15, 0.2) is 0 Å².